The van der Waals surface area contributed by atoms with E-state index in [4.69, 9.17) is 11.6 Å². The summed E-state index contributed by atoms with van der Waals surface area (Å²) < 4.78 is 66.3. The van der Waals surface area contributed by atoms with Crippen molar-refractivity contribution in [1.82, 2.24) is 9.21 Å². The van der Waals surface area contributed by atoms with Gasteiger partial charge in [0.25, 0.3) is 0 Å². The van der Waals surface area contributed by atoms with Gasteiger partial charge in [0.15, 0.2) is 0 Å². The Bertz CT molecular complexity index is 825. The first-order valence-electron chi connectivity index (χ1n) is 9.15. The summed E-state index contributed by atoms with van der Waals surface area (Å²) in [6.45, 7) is 0.335. The van der Waals surface area contributed by atoms with Crippen LogP contribution in [0.5, 0.6) is 0 Å². The molecule has 2 atom stereocenters. The van der Waals surface area contributed by atoms with Gasteiger partial charge in [0.05, 0.1) is 4.90 Å². The van der Waals surface area contributed by atoms with Crippen LogP contribution in [0.15, 0.2) is 29.2 Å². The van der Waals surface area contributed by atoms with Gasteiger partial charge in [-0.3, -0.25) is 4.79 Å². The summed E-state index contributed by atoms with van der Waals surface area (Å²) in [5, 5.41) is 0.364. The van der Waals surface area contributed by atoms with Crippen LogP contribution in [0, 0.1) is 5.92 Å². The molecule has 1 saturated heterocycles. The van der Waals surface area contributed by atoms with Crippen LogP contribution >= 0.6 is 11.6 Å². The number of hydrogen-bond acceptors (Lipinski definition) is 3. The lowest BCUT2D eigenvalue weighted by molar-refractivity contribution is -0.168. The van der Waals surface area contributed by atoms with E-state index in [2.05, 4.69) is 0 Å². The van der Waals surface area contributed by atoms with Gasteiger partial charge in [-0.25, -0.2) is 8.42 Å². The number of carbonyl (C=O) groups excluding carboxylic acids is 1. The lowest BCUT2D eigenvalue weighted by Crippen LogP contribution is -2.53. The number of carbonyl (C=O) groups is 1. The molecule has 0 unspecified atom stereocenters. The van der Waals surface area contributed by atoms with E-state index in [9.17, 15) is 26.4 Å². The maximum Gasteiger partial charge on any atom is 0.406 e. The predicted octanol–water partition coefficient (Wildman–Crippen LogP) is 3.68. The van der Waals surface area contributed by atoms with Crippen molar-refractivity contribution in [2.45, 2.75) is 55.8 Å². The molecule has 1 aromatic rings. The van der Waals surface area contributed by atoms with Crippen LogP contribution in [-0.4, -0.2) is 54.9 Å². The van der Waals surface area contributed by atoms with Crippen molar-refractivity contribution in [2.75, 3.05) is 13.1 Å². The van der Waals surface area contributed by atoms with Gasteiger partial charge in [-0.2, -0.15) is 17.5 Å². The molecule has 1 heterocycles. The van der Waals surface area contributed by atoms with Gasteiger partial charge in [0, 0.05) is 17.6 Å². The van der Waals surface area contributed by atoms with E-state index >= 15 is 0 Å². The summed E-state index contributed by atoms with van der Waals surface area (Å²) >= 11 is 5.80. The van der Waals surface area contributed by atoms with E-state index in [1.165, 1.54) is 24.3 Å². The van der Waals surface area contributed by atoms with Crippen molar-refractivity contribution in [1.29, 1.82) is 0 Å². The third-order valence-corrected chi connectivity index (χ3v) is 7.51. The topological polar surface area (TPSA) is 57.7 Å². The molecule has 0 radical (unpaired) electrons. The first-order valence-corrected chi connectivity index (χ1v) is 11.0. The Morgan fingerprint density at radius 1 is 1.25 bits per heavy atom. The predicted molar refractivity (Wildman–Crippen MR) is 98.3 cm³/mol. The smallest absolute Gasteiger partial charge is 0.329 e. The van der Waals surface area contributed by atoms with E-state index < -0.39 is 40.7 Å². The maximum absolute atomic E-state index is 13.1. The van der Waals surface area contributed by atoms with Gasteiger partial charge in [0.2, 0.25) is 15.9 Å². The van der Waals surface area contributed by atoms with E-state index in [-0.39, 0.29) is 23.8 Å². The molecule has 10 heteroatoms. The highest BCUT2D eigenvalue weighted by atomic mass is 35.5. The Balaban J connectivity index is 1.87. The molecule has 1 saturated carbocycles. The first kappa shape index (κ1) is 21.4. The van der Waals surface area contributed by atoms with Crippen LogP contribution in [-0.2, 0) is 14.8 Å². The molecule has 0 bridgehead atoms. The lowest BCUT2D eigenvalue weighted by Gasteiger charge is -2.34. The molecule has 2 fully saturated rings. The number of alkyl halides is 3. The molecule has 1 aromatic carbocycles. The number of halogens is 4. The van der Waals surface area contributed by atoms with Gasteiger partial charge in [0.1, 0.15) is 12.6 Å². The number of amides is 1. The zero-order valence-electron chi connectivity index (χ0n) is 15.3. The number of nitrogens with zero attached hydrogens (tertiary/aromatic N) is 2. The number of sulfonamides is 1. The summed E-state index contributed by atoms with van der Waals surface area (Å²) in [5.41, 5.74) is 0. The SMILES string of the molecule is C[C@@H](C1CC1)N(CC(F)(F)F)C(=O)[C@@H]1CCCN1S(=O)(=O)c1ccc(Cl)cc1. The highest BCUT2D eigenvalue weighted by Crippen LogP contribution is 2.37. The maximum atomic E-state index is 13.1. The highest BCUT2D eigenvalue weighted by molar-refractivity contribution is 7.89. The average molecular weight is 439 g/mol. The van der Waals surface area contributed by atoms with Gasteiger partial charge < -0.3 is 4.90 Å². The highest BCUT2D eigenvalue weighted by Gasteiger charge is 2.46. The van der Waals surface area contributed by atoms with E-state index in [1.807, 2.05) is 0 Å². The summed E-state index contributed by atoms with van der Waals surface area (Å²) in [7, 11) is -4.01. The van der Waals surface area contributed by atoms with Gasteiger partial charge >= 0.3 is 6.18 Å². The molecule has 5 nitrogen and oxygen atoms in total. The number of benzene rings is 1. The second-order valence-electron chi connectivity index (χ2n) is 7.39. The van der Waals surface area contributed by atoms with Crippen molar-refractivity contribution in [2.24, 2.45) is 5.92 Å². The number of hydrogen-bond donors (Lipinski definition) is 0. The molecular weight excluding hydrogens is 417 g/mol. The third-order valence-electron chi connectivity index (χ3n) is 5.34. The van der Waals surface area contributed by atoms with Crippen molar-refractivity contribution < 1.29 is 26.4 Å². The quantitative estimate of drug-likeness (QED) is 0.680. The molecule has 2 aliphatic rings. The molecule has 1 aliphatic heterocycles. The van der Waals surface area contributed by atoms with E-state index in [0.29, 0.717) is 11.4 Å². The van der Waals surface area contributed by atoms with Crippen molar-refractivity contribution in [3.05, 3.63) is 29.3 Å². The minimum atomic E-state index is -4.54. The Hall–Kier alpha value is -1.32. The minimum absolute atomic E-state index is 0.0331. The number of rotatable bonds is 6. The summed E-state index contributed by atoms with van der Waals surface area (Å²) in [5.74, 6) is -0.735. The summed E-state index contributed by atoms with van der Waals surface area (Å²) in [4.78, 5) is 13.8. The molecular formula is C18H22ClF3N2O3S. The largest absolute Gasteiger partial charge is 0.406 e. The second kappa shape index (κ2) is 7.84. The Kier molecular flexibility index (Phi) is 5.99. The molecule has 3 rings (SSSR count). The van der Waals surface area contributed by atoms with Crippen molar-refractivity contribution in [3.8, 4) is 0 Å². The average Bonchev–Trinajstić information content (AvgIpc) is 3.34. The third kappa shape index (κ3) is 4.63. The fraction of sp³-hybridized carbons (Fsp3) is 0.611. The standard InChI is InChI=1S/C18H22ClF3N2O3S/c1-12(13-4-5-13)23(11-18(20,21)22)17(25)16-3-2-10-24(16)28(26,27)15-8-6-14(19)7-9-15/h6-9,12-13,16H,2-5,10-11H2,1H3/t12-,16-/m0/s1. The monoisotopic (exact) mass is 438 g/mol. The normalized spacial score (nSPS) is 22.2. The molecule has 0 N–H and O–H groups in total. The Morgan fingerprint density at radius 3 is 2.39 bits per heavy atom. The van der Waals surface area contributed by atoms with E-state index in [1.54, 1.807) is 6.92 Å². The fourth-order valence-electron chi connectivity index (χ4n) is 3.66. The first-order chi connectivity index (χ1) is 13.0. The van der Waals surface area contributed by atoms with Crippen molar-refractivity contribution in [3.63, 3.8) is 0 Å². The lowest BCUT2D eigenvalue weighted by atomic mass is 10.1. The van der Waals surface area contributed by atoms with Crippen LogP contribution in [0.2, 0.25) is 5.02 Å². The summed E-state index contributed by atoms with van der Waals surface area (Å²) in [6, 6.07) is 3.81. The molecule has 0 aromatic heterocycles. The fourth-order valence-corrected chi connectivity index (χ4v) is 5.43. The Morgan fingerprint density at radius 2 is 1.86 bits per heavy atom. The summed E-state index contributed by atoms with van der Waals surface area (Å²) in [6.07, 6.45) is -2.36. The van der Waals surface area contributed by atoms with Crippen LogP contribution < -0.4 is 0 Å². The van der Waals surface area contributed by atoms with Crippen molar-refractivity contribution >= 4 is 27.5 Å². The van der Waals surface area contributed by atoms with E-state index in [0.717, 1.165) is 22.0 Å². The van der Waals surface area contributed by atoms with Crippen LogP contribution in [0.1, 0.15) is 32.6 Å². The van der Waals surface area contributed by atoms with Crippen LogP contribution in [0.4, 0.5) is 13.2 Å². The minimum Gasteiger partial charge on any atom is -0.329 e. The molecule has 28 heavy (non-hydrogen) atoms. The zero-order valence-corrected chi connectivity index (χ0v) is 16.9. The molecule has 1 aliphatic carbocycles. The molecule has 1 amide bonds. The van der Waals surface area contributed by atoms with Gasteiger partial charge in [-0.1, -0.05) is 11.6 Å². The second-order valence-corrected chi connectivity index (χ2v) is 9.71. The van der Waals surface area contributed by atoms with Crippen LogP contribution in [0.3, 0.4) is 0 Å². The molecule has 0 spiro atoms. The van der Waals surface area contributed by atoms with Crippen LogP contribution in [0.25, 0.3) is 0 Å². The Labute approximate surface area is 167 Å². The van der Waals surface area contributed by atoms with Gasteiger partial charge in [-0.05, 0) is 62.8 Å². The van der Waals surface area contributed by atoms with Gasteiger partial charge in [-0.15, -0.1) is 0 Å². The zero-order chi connectivity index (χ0) is 20.7. The molecule has 156 valence electrons.